The number of hydrogen-bond donors (Lipinski definition) is 0. The molecule has 6 heteroatoms. The molecule has 0 aromatic carbocycles. The summed E-state index contributed by atoms with van der Waals surface area (Å²) in [6.07, 6.45) is 15.7. The van der Waals surface area contributed by atoms with Gasteiger partial charge in [-0.15, -0.1) is 0 Å². The number of ether oxygens (including phenoxy) is 4. The Hall–Kier alpha value is -1.14. The van der Waals surface area contributed by atoms with E-state index in [9.17, 15) is 9.59 Å². The molecule has 10 atom stereocenters. The van der Waals surface area contributed by atoms with Crippen molar-refractivity contribution in [1.29, 1.82) is 0 Å². The highest BCUT2D eigenvalue weighted by Crippen LogP contribution is 2.52. The Morgan fingerprint density at radius 1 is 0.657 bits per heavy atom. The van der Waals surface area contributed by atoms with Crippen molar-refractivity contribution < 1.29 is 28.5 Å². The molecule has 6 rings (SSSR count). The first-order chi connectivity index (χ1) is 17.1. The zero-order valence-electron chi connectivity index (χ0n) is 21.2. The first-order valence-corrected chi connectivity index (χ1v) is 14.7. The van der Waals surface area contributed by atoms with E-state index in [1.807, 2.05) is 0 Å². The number of esters is 2. The third-order valence-corrected chi connectivity index (χ3v) is 10.4. The van der Waals surface area contributed by atoms with Crippen LogP contribution < -0.4 is 0 Å². The molecule has 4 saturated carbocycles. The summed E-state index contributed by atoms with van der Waals surface area (Å²) in [5.41, 5.74) is 0. The molecule has 2 heterocycles. The van der Waals surface area contributed by atoms with E-state index in [0.29, 0.717) is 23.7 Å². The average molecular weight is 489 g/mol. The van der Waals surface area contributed by atoms with Crippen LogP contribution in [0.1, 0.15) is 96.3 Å². The van der Waals surface area contributed by atoms with Gasteiger partial charge in [-0.3, -0.25) is 9.59 Å². The number of fused-ring (bicyclic) bond motifs is 4. The van der Waals surface area contributed by atoms with Gasteiger partial charge < -0.3 is 18.9 Å². The maximum absolute atomic E-state index is 13.0. The Balaban J connectivity index is 1.05. The van der Waals surface area contributed by atoms with Crippen LogP contribution in [-0.4, -0.2) is 49.6 Å². The van der Waals surface area contributed by atoms with E-state index >= 15 is 0 Å². The van der Waals surface area contributed by atoms with Gasteiger partial charge in [0.05, 0.1) is 12.2 Å². The molecule has 6 nitrogen and oxygen atoms in total. The lowest BCUT2D eigenvalue weighted by molar-refractivity contribution is -0.166. The van der Waals surface area contributed by atoms with Crippen molar-refractivity contribution in [2.45, 2.75) is 121 Å². The molecule has 2 aliphatic heterocycles. The van der Waals surface area contributed by atoms with Gasteiger partial charge in [-0.2, -0.15) is 0 Å². The highest BCUT2D eigenvalue weighted by atomic mass is 16.6. The van der Waals surface area contributed by atoms with Gasteiger partial charge >= 0.3 is 11.9 Å². The highest BCUT2D eigenvalue weighted by Gasteiger charge is 2.47. The summed E-state index contributed by atoms with van der Waals surface area (Å²) in [6.45, 7) is 1.62. The smallest absolute Gasteiger partial charge is 0.317 e. The van der Waals surface area contributed by atoms with Gasteiger partial charge in [0.15, 0.2) is 0 Å². The molecule has 6 fully saturated rings. The van der Waals surface area contributed by atoms with Crippen molar-refractivity contribution in [3.8, 4) is 0 Å². The predicted octanol–water partition coefficient (Wildman–Crippen LogP) is 5.21. The fourth-order valence-electron chi connectivity index (χ4n) is 8.84. The predicted molar refractivity (Wildman–Crippen MR) is 129 cm³/mol. The molecular formula is C29H44O6. The summed E-state index contributed by atoms with van der Waals surface area (Å²) < 4.78 is 23.9. The lowest BCUT2D eigenvalue weighted by Crippen LogP contribution is -2.36. The topological polar surface area (TPSA) is 71.1 Å². The second-order valence-electron chi connectivity index (χ2n) is 12.7. The van der Waals surface area contributed by atoms with E-state index in [2.05, 4.69) is 0 Å². The molecule has 10 unspecified atom stereocenters. The van der Waals surface area contributed by atoms with E-state index in [-0.39, 0.29) is 30.8 Å². The summed E-state index contributed by atoms with van der Waals surface area (Å²) in [7, 11) is 0. The third kappa shape index (κ3) is 5.58. The first kappa shape index (κ1) is 24.2. The maximum Gasteiger partial charge on any atom is 0.317 e. The van der Waals surface area contributed by atoms with Crippen LogP contribution in [0.15, 0.2) is 0 Å². The van der Waals surface area contributed by atoms with Crippen LogP contribution in [0.25, 0.3) is 0 Å². The molecule has 4 bridgehead atoms. The Kier molecular flexibility index (Phi) is 7.39. The van der Waals surface area contributed by atoms with E-state index in [1.54, 1.807) is 0 Å². The van der Waals surface area contributed by atoms with E-state index in [1.165, 1.54) is 38.5 Å². The molecule has 196 valence electrons. The minimum Gasteiger partial charge on any atom is -0.462 e. The van der Waals surface area contributed by atoms with E-state index in [4.69, 9.17) is 18.9 Å². The molecule has 0 radical (unpaired) electrons. The van der Waals surface area contributed by atoms with Gasteiger partial charge in [0.2, 0.25) is 0 Å². The maximum atomic E-state index is 13.0. The van der Waals surface area contributed by atoms with Crippen molar-refractivity contribution in [2.24, 2.45) is 35.5 Å². The summed E-state index contributed by atoms with van der Waals surface area (Å²) >= 11 is 0. The molecule has 4 aliphatic carbocycles. The molecule has 2 saturated heterocycles. The largest absolute Gasteiger partial charge is 0.462 e. The molecule has 0 aromatic heterocycles. The number of hydrogen-bond acceptors (Lipinski definition) is 6. The Morgan fingerprint density at radius 3 is 1.49 bits per heavy atom. The normalized spacial score (nSPS) is 41.4. The monoisotopic (exact) mass is 488 g/mol. The lowest BCUT2D eigenvalue weighted by atomic mass is 9.82. The van der Waals surface area contributed by atoms with Crippen LogP contribution in [0.3, 0.4) is 0 Å². The molecule has 0 N–H and O–H groups in total. The van der Waals surface area contributed by atoms with E-state index < -0.39 is 11.9 Å². The van der Waals surface area contributed by atoms with Crippen LogP contribution in [0, 0.1) is 35.5 Å². The molecular weight excluding hydrogens is 444 g/mol. The average Bonchev–Trinajstić information content (AvgIpc) is 3.67. The minimum absolute atomic E-state index is 0.123. The van der Waals surface area contributed by atoms with Crippen LogP contribution in [-0.2, 0) is 28.5 Å². The van der Waals surface area contributed by atoms with Crippen LogP contribution >= 0.6 is 0 Å². The zero-order valence-corrected chi connectivity index (χ0v) is 21.2. The van der Waals surface area contributed by atoms with Gasteiger partial charge in [0.25, 0.3) is 0 Å². The summed E-state index contributed by atoms with van der Waals surface area (Å²) in [5, 5.41) is 0. The van der Waals surface area contributed by atoms with Crippen molar-refractivity contribution in [3.05, 3.63) is 0 Å². The lowest BCUT2D eigenvalue weighted by Gasteiger charge is -2.32. The fourth-order valence-corrected chi connectivity index (χ4v) is 8.84. The van der Waals surface area contributed by atoms with E-state index in [0.717, 1.165) is 76.4 Å². The van der Waals surface area contributed by atoms with Gasteiger partial charge in [-0.25, -0.2) is 0 Å². The van der Waals surface area contributed by atoms with Crippen LogP contribution in [0.2, 0.25) is 0 Å². The van der Waals surface area contributed by atoms with Gasteiger partial charge in [-0.05, 0) is 99.7 Å². The second-order valence-corrected chi connectivity index (χ2v) is 12.7. The highest BCUT2D eigenvalue weighted by molar-refractivity contribution is 5.91. The first-order valence-electron chi connectivity index (χ1n) is 14.7. The zero-order chi connectivity index (χ0) is 23.8. The number of carbonyl (C=O) groups is 2. The second kappa shape index (κ2) is 10.7. The summed E-state index contributed by atoms with van der Waals surface area (Å²) in [6, 6.07) is 0. The molecule has 0 spiro atoms. The molecule has 35 heavy (non-hydrogen) atoms. The standard InChI is InChI=1S/C29H44O6/c30-28(34-26(15-22-3-1-9-32-22)24-13-18-5-7-20(24)11-18)17-29(31)35-27(16-23-4-2-10-33-23)25-14-19-6-8-21(25)12-19/h18-27H,1-17H2. The molecule has 0 aromatic rings. The minimum atomic E-state index is -0.412. The quantitative estimate of drug-likeness (QED) is 0.311. The van der Waals surface area contributed by atoms with Crippen molar-refractivity contribution >= 4 is 11.9 Å². The summed E-state index contributed by atoms with van der Waals surface area (Å²) in [5.74, 6) is 2.95. The number of rotatable bonds is 10. The Bertz CT molecular complexity index is 694. The van der Waals surface area contributed by atoms with Crippen molar-refractivity contribution in [1.82, 2.24) is 0 Å². The Labute approximate surface area is 210 Å². The van der Waals surface area contributed by atoms with Gasteiger partial charge in [0.1, 0.15) is 18.6 Å². The molecule has 6 aliphatic rings. The summed E-state index contributed by atoms with van der Waals surface area (Å²) in [4.78, 5) is 26.0. The van der Waals surface area contributed by atoms with Gasteiger partial charge in [-0.1, -0.05) is 12.8 Å². The third-order valence-electron chi connectivity index (χ3n) is 10.4. The number of carbonyl (C=O) groups excluding carboxylic acids is 2. The Morgan fingerprint density at radius 2 is 1.14 bits per heavy atom. The fraction of sp³-hybridized carbons (Fsp3) is 0.931. The van der Waals surface area contributed by atoms with Crippen LogP contribution in [0.4, 0.5) is 0 Å². The molecule has 0 amide bonds. The van der Waals surface area contributed by atoms with Crippen molar-refractivity contribution in [3.63, 3.8) is 0 Å². The van der Waals surface area contributed by atoms with Gasteiger partial charge in [0, 0.05) is 26.1 Å². The SMILES string of the molecule is O=C(CC(=O)OC(CC1CCCO1)C1CC2CCC1C2)OC(CC1CCCO1)C1CC2CCC1C2. The van der Waals surface area contributed by atoms with Crippen LogP contribution in [0.5, 0.6) is 0 Å². The van der Waals surface area contributed by atoms with Crippen molar-refractivity contribution in [2.75, 3.05) is 13.2 Å².